The van der Waals surface area contributed by atoms with Crippen molar-refractivity contribution in [3.8, 4) is 11.4 Å². The fourth-order valence-electron chi connectivity index (χ4n) is 4.72. The fraction of sp³-hybridized carbons (Fsp3) is 0.375. The van der Waals surface area contributed by atoms with Gasteiger partial charge < -0.3 is 19.6 Å². The standard InChI is InChI=1S/C24H27N9O/c1-16-13-22(30-29-16)26-21-15-23(32-10-4-5-11-32)28-24(27-21)33-12-6-8-19(33)20-14-18(31-34-20)17-7-2-3-9-25-17/h2-3,7,9,13-15,19H,4-6,8,10-12H2,1H3,(H2,26,27,28,29,30). The molecule has 2 fully saturated rings. The monoisotopic (exact) mass is 457 g/mol. The number of hydrogen-bond acceptors (Lipinski definition) is 9. The normalized spacial score (nSPS) is 18.1. The first kappa shape index (κ1) is 20.6. The maximum atomic E-state index is 5.79. The lowest BCUT2D eigenvalue weighted by atomic mass is 10.1. The van der Waals surface area contributed by atoms with Crippen LogP contribution in [0.25, 0.3) is 11.4 Å². The van der Waals surface area contributed by atoms with Crippen molar-refractivity contribution in [3.05, 3.63) is 54.0 Å². The lowest BCUT2D eigenvalue weighted by Gasteiger charge is -2.25. The summed E-state index contributed by atoms with van der Waals surface area (Å²) >= 11 is 0. The molecule has 34 heavy (non-hydrogen) atoms. The van der Waals surface area contributed by atoms with Gasteiger partial charge in [0.2, 0.25) is 5.95 Å². The minimum absolute atomic E-state index is 0.0271. The van der Waals surface area contributed by atoms with Crippen molar-refractivity contribution < 1.29 is 4.52 Å². The van der Waals surface area contributed by atoms with Gasteiger partial charge in [-0.2, -0.15) is 15.1 Å². The van der Waals surface area contributed by atoms with E-state index in [1.165, 1.54) is 12.8 Å². The first-order chi connectivity index (χ1) is 16.7. The molecule has 0 radical (unpaired) electrons. The molecule has 0 amide bonds. The van der Waals surface area contributed by atoms with Crippen LogP contribution in [-0.4, -0.2) is 49.9 Å². The average Bonchev–Trinajstić information content (AvgIpc) is 3.67. The lowest BCUT2D eigenvalue weighted by molar-refractivity contribution is 0.362. The van der Waals surface area contributed by atoms with Crippen molar-refractivity contribution in [2.45, 2.75) is 38.6 Å². The molecule has 0 saturated carbocycles. The Bertz CT molecular complexity index is 1260. The number of pyridine rings is 1. The Labute approximate surface area is 197 Å². The van der Waals surface area contributed by atoms with Crippen LogP contribution in [0.2, 0.25) is 0 Å². The number of H-pyrrole nitrogens is 1. The first-order valence-corrected chi connectivity index (χ1v) is 11.8. The van der Waals surface area contributed by atoms with E-state index in [4.69, 9.17) is 14.5 Å². The molecule has 1 unspecified atom stereocenters. The summed E-state index contributed by atoms with van der Waals surface area (Å²) in [6.45, 7) is 4.85. The lowest BCUT2D eigenvalue weighted by Crippen LogP contribution is -2.26. The molecule has 0 aromatic carbocycles. The van der Waals surface area contributed by atoms with E-state index in [0.717, 1.165) is 72.8 Å². The van der Waals surface area contributed by atoms with Crippen LogP contribution in [0, 0.1) is 6.92 Å². The van der Waals surface area contributed by atoms with Gasteiger partial charge in [0.25, 0.3) is 0 Å². The van der Waals surface area contributed by atoms with Gasteiger partial charge in [0.1, 0.15) is 17.3 Å². The zero-order chi connectivity index (χ0) is 22.9. The maximum Gasteiger partial charge on any atom is 0.229 e. The molecule has 4 aromatic rings. The van der Waals surface area contributed by atoms with Gasteiger partial charge >= 0.3 is 0 Å². The molecule has 0 aliphatic carbocycles. The summed E-state index contributed by atoms with van der Waals surface area (Å²) in [7, 11) is 0. The van der Waals surface area contributed by atoms with Crippen molar-refractivity contribution in [1.29, 1.82) is 0 Å². The minimum Gasteiger partial charge on any atom is -0.358 e. The van der Waals surface area contributed by atoms with Gasteiger partial charge in [0.15, 0.2) is 11.6 Å². The van der Waals surface area contributed by atoms with E-state index in [1.54, 1.807) is 6.20 Å². The molecule has 0 spiro atoms. The van der Waals surface area contributed by atoms with Crippen LogP contribution in [0.15, 0.2) is 47.1 Å². The molecule has 6 heterocycles. The molecule has 2 aliphatic heterocycles. The summed E-state index contributed by atoms with van der Waals surface area (Å²) in [6, 6.07) is 11.8. The van der Waals surface area contributed by atoms with E-state index in [1.807, 2.05) is 43.3 Å². The van der Waals surface area contributed by atoms with E-state index in [2.05, 4.69) is 35.5 Å². The number of aryl methyl sites for hydroxylation is 1. The van der Waals surface area contributed by atoms with Gasteiger partial charge in [-0.15, -0.1) is 0 Å². The molecule has 0 bridgehead atoms. The van der Waals surface area contributed by atoms with Crippen LogP contribution in [0.4, 0.5) is 23.4 Å². The summed E-state index contributed by atoms with van der Waals surface area (Å²) in [5.41, 5.74) is 2.53. The molecule has 2 N–H and O–H groups in total. The van der Waals surface area contributed by atoms with E-state index in [9.17, 15) is 0 Å². The highest BCUT2D eigenvalue weighted by Gasteiger charge is 2.32. The molecule has 10 nitrogen and oxygen atoms in total. The first-order valence-electron chi connectivity index (χ1n) is 11.8. The van der Waals surface area contributed by atoms with Gasteiger partial charge in [-0.05, 0) is 44.7 Å². The Kier molecular flexibility index (Phi) is 5.32. The second kappa shape index (κ2) is 8.77. The quantitative estimate of drug-likeness (QED) is 0.439. The van der Waals surface area contributed by atoms with Gasteiger partial charge in [-0.3, -0.25) is 10.1 Å². The molecule has 2 aliphatic rings. The summed E-state index contributed by atoms with van der Waals surface area (Å²) in [5, 5.41) is 14.9. The third-order valence-corrected chi connectivity index (χ3v) is 6.39. The van der Waals surface area contributed by atoms with E-state index in [0.29, 0.717) is 5.95 Å². The van der Waals surface area contributed by atoms with Crippen LogP contribution >= 0.6 is 0 Å². The Hall–Kier alpha value is -3.95. The Morgan fingerprint density at radius 3 is 2.71 bits per heavy atom. The number of rotatable bonds is 6. The number of anilines is 4. The van der Waals surface area contributed by atoms with Crippen molar-refractivity contribution in [3.63, 3.8) is 0 Å². The predicted molar refractivity (Wildman–Crippen MR) is 129 cm³/mol. The molecule has 2 saturated heterocycles. The molecule has 10 heteroatoms. The highest BCUT2D eigenvalue weighted by Crippen LogP contribution is 2.37. The van der Waals surface area contributed by atoms with Crippen LogP contribution in [0.3, 0.4) is 0 Å². The Balaban J connectivity index is 1.32. The number of nitrogens with one attached hydrogen (secondary N) is 2. The van der Waals surface area contributed by atoms with Gasteiger partial charge in [-0.25, -0.2) is 0 Å². The average molecular weight is 458 g/mol. The zero-order valence-electron chi connectivity index (χ0n) is 19.1. The number of hydrogen-bond donors (Lipinski definition) is 2. The van der Waals surface area contributed by atoms with Crippen LogP contribution in [0.1, 0.15) is 43.2 Å². The molecule has 4 aromatic heterocycles. The number of aromatic amines is 1. The van der Waals surface area contributed by atoms with Crippen molar-refractivity contribution in [1.82, 2.24) is 30.3 Å². The SMILES string of the molecule is Cc1cc(Nc2cc(N3CCCC3)nc(N3CCCC3c3cc(-c4ccccn4)no3)n2)n[nH]1. The highest BCUT2D eigenvalue weighted by atomic mass is 16.5. The largest absolute Gasteiger partial charge is 0.358 e. The van der Waals surface area contributed by atoms with Crippen LogP contribution in [-0.2, 0) is 0 Å². The minimum atomic E-state index is 0.0271. The number of nitrogens with zero attached hydrogens (tertiary/aromatic N) is 7. The molecule has 6 rings (SSSR count). The molecular weight excluding hydrogens is 430 g/mol. The van der Waals surface area contributed by atoms with Crippen molar-refractivity contribution in [2.75, 3.05) is 34.8 Å². The van der Waals surface area contributed by atoms with Gasteiger partial charge in [-0.1, -0.05) is 11.2 Å². The summed E-state index contributed by atoms with van der Waals surface area (Å²) < 4.78 is 5.79. The fourth-order valence-corrected chi connectivity index (χ4v) is 4.72. The third-order valence-electron chi connectivity index (χ3n) is 6.39. The third kappa shape index (κ3) is 4.07. The van der Waals surface area contributed by atoms with Crippen LogP contribution < -0.4 is 15.1 Å². The summed E-state index contributed by atoms with van der Waals surface area (Å²) in [4.78, 5) is 18.8. The van der Waals surface area contributed by atoms with Crippen molar-refractivity contribution >= 4 is 23.4 Å². The Morgan fingerprint density at radius 1 is 1.00 bits per heavy atom. The Morgan fingerprint density at radius 2 is 1.91 bits per heavy atom. The molecule has 174 valence electrons. The predicted octanol–water partition coefficient (Wildman–Crippen LogP) is 4.24. The zero-order valence-corrected chi connectivity index (χ0v) is 19.1. The van der Waals surface area contributed by atoms with E-state index >= 15 is 0 Å². The van der Waals surface area contributed by atoms with E-state index < -0.39 is 0 Å². The highest BCUT2D eigenvalue weighted by molar-refractivity contribution is 5.61. The molecular formula is C24H27N9O. The second-order valence-corrected chi connectivity index (χ2v) is 8.85. The van der Waals surface area contributed by atoms with E-state index in [-0.39, 0.29) is 6.04 Å². The topological polar surface area (TPSA) is 112 Å². The second-order valence-electron chi connectivity index (χ2n) is 8.85. The van der Waals surface area contributed by atoms with Gasteiger partial charge in [0.05, 0.1) is 11.7 Å². The van der Waals surface area contributed by atoms with Crippen LogP contribution in [0.5, 0.6) is 0 Å². The summed E-state index contributed by atoms with van der Waals surface area (Å²) in [6.07, 6.45) is 6.11. The smallest absolute Gasteiger partial charge is 0.229 e. The van der Waals surface area contributed by atoms with Crippen molar-refractivity contribution in [2.24, 2.45) is 0 Å². The summed E-state index contributed by atoms with van der Waals surface area (Å²) in [5.74, 6) is 3.91. The molecule has 1 atom stereocenters. The maximum absolute atomic E-state index is 5.79. The van der Waals surface area contributed by atoms with Gasteiger partial charge in [0, 0.05) is 49.7 Å². The number of aromatic nitrogens is 6.